The summed E-state index contributed by atoms with van der Waals surface area (Å²) in [5.74, 6) is 7.10. The molecule has 1 heterocycles. The summed E-state index contributed by atoms with van der Waals surface area (Å²) in [4.78, 5) is 20.0. The zero-order chi connectivity index (χ0) is 12.1. The molecule has 0 saturated heterocycles. The van der Waals surface area contributed by atoms with E-state index in [1.807, 2.05) is 13.8 Å². The molecule has 0 aliphatic rings. The largest absolute Gasteiger partial charge is 0.294 e. The molecule has 3 nitrogen and oxygen atoms in total. The lowest BCUT2D eigenvalue weighted by Crippen LogP contribution is -2.06. The van der Waals surface area contributed by atoms with Gasteiger partial charge in [0.15, 0.2) is 5.78 Å². The Morgan fingerprint density at radius 2 is 2.06 bits per heavy atom. The number of aryl methyl sites for hydroxylation is 2. The molecule has 0 unspecified atom stereocenters. The maximum atomic E-state index is 11.5. The van der Waals surface area contributed by atoms with Crippen LogP contribution in [0.15, 0.2) is 5.03 Å². The molecule has 0 aliphatic carbocycles. The highest BCUT2D eigenvalue weighted by Crippen LogP contribution is 2.22. The molecule has 1 aromatic heterocycles. The number of nitrogens with zero attached hydrogens (tertiary/aromatic N) is 2. The van der Waals surface area contributed by atoms with Crippen molar-refractivity contribution in [2.24, 2.45) is 0 Å². The molecule has 0 spiro atoms. The Labute approximate surface area is 100 Å². The van der Waals surface area contributed by atoms with Crippen molar-refractivity contribution in [2.45, 2.75) is 32.7 Å². The van der Waals surface area contributed by atoms with Gasteiger partial charge in [-0.25, -0.2) is 9.97 Å². The molecule has 0 atom stereocenters. The van der Waals surface area contributed by atoms with Gasteiger partial charge < -0.3 is 0 Å². The lowest BCUT2D eigenvalue weighted by Gasteiger charge is -2.07. The second-order valence-corrected chi connectivity index (χ2v) is 4.27. The van der Waals surface area contributed by atoms with Gasteiger partial charge in [0.25, 0.3) is 0 Å². The Kier molecular flexibility index (Phi) is 4.51. The van der Waals surface area contributed by atoms with Crippen LogP contribution < -0.4 is 0 Å². The SMILES string of the molecule is CC#CCSc1nc(C)nc(C)c1C(C)=O. The summed E-state index contributed by atoms with van der Waals surface area (Å²) in [5.41, 5.74) is 1.36. The van der Waals surface area contributed by atoms with Crippen molar-refractivity contribution in [1.29, 1.82) is 0 Å². The van der Waals surface area contributed by atoms with Crippen LogP contribution in [0.2, 0.25) is 0 Å². The fourth-order valence-electron chi connectivity index (χ4n) is 1.37. The van der Waals surface area contributed by atoms with E-state index >= 15 is 0 Å². The van der Waals surface area contributed by atoms with Crippen molar-refractivity contribution in [3.63, 3.8) is 0 Å². The Balaban J connectivity index is 3.12. The topological polar surface area (TPSA) is 42.9 Å². The van der Waals surface area contributed by atoms with Gasteiger partial charge in [-0.3, -0.25) is 4.79 Å². The number of Topliss-reactive ketones (excluding diaryl/α,β-unsaturated/α-hetero) is 1. The number of thioether (sulfide) groups is 1. The molecule has 0 radical (unpaired) electrons. The second kappa shape index (κ2) is 5.66. The zero-order valence-corrected chi connectivity index (χ0v) is 10.7. The highest BCUT2D eigenvalue weighted by Gasteiger charge is 2.14. The number of rotatable bonds is 3. The van der Waals surface area contributed by atoms with Crippen LogP contribution in [0, 0.1) is 25.7 Å². The van der Waals surface area contributed by atoms with Gasteiger partial charge in [0.1, 0.15) is 10.9 Å². The Hall–Kier alpha value is -1.34. The number of carbonyl (C=O) groups excluding carboxylic acids is 1. The van der Waals surface area contributed by atoms with E-state index in [1.165, 1.54) is 18.7 Å². The summed E-state index contributed by atoms with van der Waals surface area (Å²) in [5, 5.41) is 0.736. The lowest BCUT2D eigenvalue weighted by molar-refractivity contribution is 0.101. The van der Waals surface area contributed by atoms with Crippen molar-refractivity contribution >= 4 is 17.5 Å². The molecule has 0 aliphatic heterocycles. The predicted molar refractivity (Wildman–Crippen MR) is 65.7 cm³/mol. The standard InChI is InChI=1S/C12H14N2OS/c1-5-6-7-16-12-11(9(3)15)8(2)13-10(4)14-12/h7H2,1-4H3. The molecule has 0 saturated carbocycles. The van der Waals surface area contributed by atoms with E-state index < -0.39 is 0 Å². The number of hydrogen-bond donors (Lipinski definition) is 0. The summed E-state index contributed by atoms with van der Waals surface area (Å²) in [7, 11) is 0. The number of carbonyl (C=O) groups is 1. The van der Waals surface area contributed by atoms with Crippen molar-refractivity contribution < 1.29 is 4.79 Å². The third-order valence-corrected chi connectivity index (χ3v) is 2.84. The molecule has 4 heteroatoms. The van der Waals surface area contributed by atoms with Gasteiger partial charge in [0, 0.05) is 0 Å². The molecule has 16 heavy (non-hydrogen) atoms. The maximum Gasteiger partial charge on any atom is 0.164 e. The van der Waals surface area contributed by atoms with E-state index in [1.54, 1.807) is 6.92 Å². The maximum absolute atomic E-state index is 11.5. The molecule has 0 amide bonds. The molecular formula is C12H14N2OS. The number of ketones is 1. The Morgan fingerprint density at radius 3 is 2.62 bits per heavy atom. The second-order valence-electron chi connectivity index (χ2n) is 3.31. The fraction of sp³-hybridized carbons (Fsp3) is 0.417. The van der Waals surface area contributed by atoms with Crippen LogP contribution in [0.3, 0.4) is 0 Å². The lowest BCUT2D eigenvalue weighted by atomic mass is 10.2. The molecule has 0 aromatic carbocycles. The van der Waals surface area contributed by atoms with Crippen molar-refractivity contribution in [1.82, 2.24) is 9.97 Å². The van der Waals surface area contributed by atoms with E-state index in [9.17, 15) is 4.79 Å². The number of aromatic nitrogens is 2. The first-order chi connectivity index (χ1) is 7.56. The molecule has 0 N–H and O–H groups in total. The van der Waals surface area contributed by atoms with Crippen LogP contribution in [0.5, 0.6) is 0 Å². The summed E-state index contributed by atoms with van der Waals surface area (Å²) < 4.78 is 0. The van der Waals surface area contributed by atoms with Crippen molar-refractivity contribution in [2.75, 3.05) is 5.75 Å². The van der Waals surface area contributed by atoms with E-state index in [-0.39, 0.29) is 5.78 Å². The van der Waals surface area contributed by atoms with Gasteiger partial charge in [-0.2, -0.15) is 0 Å². The van der Waals surface area contributed by atoms with Gasteiger partial charge in [-0.15, -0.1) is 5.92 Å². The van der Waals surface area contributed by atoms with E-state index in [2.05, 4.69) is 21.8 Å². The monoisotopic (exact) mass is 234 g/mol. The Morgan fingerprint density at radius 1 is 1.38 bits per heavy atom. The van der Waals surface area contributed by atoms with Crippen LogP contribution in [0.4, 0.5) is 0 Å². The van der Waals surface area contributed by atoms with Crippen LogP contribution in [-0.2, 0) is 0 Å². The summed E-state index contributed by atoms with van der Waals surface area (Å²) in [6.07, 6.45) is 0. The molecule has 1 aromatic rings. The van der Waals surface area contributed by atoms with Crippen LogP contribution in [0.1, 0.15) is 35.7 Å². The highest BCUT2D eigenvalue weighted by atomic mass is 32.2. The first kappa shape index (κ1) is 12.7. The van der Waals surface area contributed by atoms with Gasteiger partial charge in [0.05, 0.1) is 17.0 Å². The molecule has 84 valence electrons. The normalized spacial score (nSPS) is 9.50. The third-order valence-electron chi connectivity index (χ3n) is 1.98. The number of hydrogen-bond acceptors (Lipinski definition) is 4. The van der Waals surface area contributed by atoms with Gasteiger partial charge in [-0.05, 0) is 27.7 Å². The highest BCUT2D eigenvalue weighted by molar-refractivity contribution is 7.99. The summed E-state index contributed by atoms with van der Waals surface area (Å²) in [6.45, 7) is 6.99. The first-order valence-electron chi connectivity index (χ1n) is 4.94. The van der Waals surface area contributed by atoms with Crippen LogP contribution >= 0.6 is 11.8 Å². The zero-order valence-electron chi connectivity index (χ0n) is 9.92. The molecule has 1 rings (SSSR count). The average molecular weight is 234 g/mol. The van der Waals surface area contributed by atoms with Crippen molar-refractivity contribution in [3.05, 3.63) is 17.1 Å². The van der Waals surface area contributed by atoms with Gasteiger partial charge in [0.2, 0.25) is 0 Å². The average Bonchev–Trinajstić information content (AvgIpc) is 2.16. The summed E-state index contributed by atoms with van der Waals surface area (Å²) >= 11 is 1.48. The van der Waals surface area contributed by atoms with Crippen LogP contribution in [-0.4, -0.2) is 21.5 Å². The van der Waals surface area contributed by atoms with Gasteiger partial charge in [-0.1, -0.05) is 17.7 Å². The van der Waals surface area contributed by atoms with E-state index in [4.69, 9.17) is 0 Å². The van der Waals surface area contributed by atoms with Crippen LogP contribution in [0.25, 0.3) is 0 Å². The minimum Gasteiger partial charge on any atom is -0.294 e. The smallest absolute Gasteiger partial charge is 0.164 e. The third kappa shape index (κ3) is 3.07. The summed E-state index contributed by atoms with van der Waals surface area (Å²) in [6, 6.07) is 0. The molecule has 0 fully saturated rings. The van der Waals surface area contributed by atoms with Crippen molar-refractivity contribution in [3.8, 4) is 11.8 Å². The van der Waals surface area contributed by atoms with E-state index in [0.29, 0.717) is 17.1 Å². The Bertz CT molecular complexity index is 472. The predicted octanol–water partition coefficient (Wildman–Crippen LogP) is 2.41. The molecule has 0 bridgehead atoms. The van der Waals surface area contributed by atoms with Gasteiger partial charge >= 0.3 is 0 Å². The quantitative estimate of drug-likeness (QED) is 0.348. The first-order valence-corrected chi connectivity index (χ1v) is 5.93. The minimum atomic E-state index is 0.00413. The minimum absolute atomic E-state index is 0.00413. The van der Waals surface area contributed by atoms with E-state index in [0.717, 1.165) is 10.7 Å². The fourth-order valence-corrected chi connectivity index (χ4v) is 2.35. The molecular weight excluding hydrogens is 220 g/mol.